The maximum Gasteiger partial charge on any atom is 0.164 e. The molecule has 3 heteroatoms. The Labute approximate surface area is 86.8 Å². The molecule has 0 aliphatic carbocycles. The third-order valence-electron chi connectivity index (χ3n) is 2.30. The molecule has 0 spiro atoms. The number of aliphatic hydroxyl groups excluding tert-OH is 1. The first-order valence-electron chi connectivity index (χ1n) is 5.61. The molecule has 0 aliphatic rings. The summed E-state index contributed by atoms with van der Waals surface area (Å²) in [4.78, 5) is 0. The van der Waals surface area contributed by atoms with Crippen molar-refractivity contribution in [2.24, 2.45) is 0 Å². The van der Waals surface area contributed by atoms with Crippen molar-refractivity contribution in [1.29, 1.82) is 0 Å². The van der Waals surface area contributed by atoms with Gasteiger partial charge in [0.2, 0.25) is 0 Å². The first kappa shape index (κ1) is 13.9. The van der Waals surface area contributed by atoms with Crippen LogP contribution in [0.4, 0.5) is 0 Å². The molecule has 3 nitrogen and oxygen atoms in total. The largest absolute Gasteiger partial charge is 0.393 e. The first-order valence-corrected chi connectivity index (χ1v) is 5.61. The molecule has 0 fully saturated rings. The molecule has 0 aromatic rings. The lowest BCUT2D eigenvalue weighted by Gasteiger charge is -2.22. The summed E-state index contributed by atoms with van der Waals surface area (Å²) in [7, 11) is 0. The third-order valence-corrected chi connectivity index (χ3v) is 2.30. The predicted molar refractivity (Wildman–Crippen MR) is 56.8 cm³/mol. The molecule has 0 heterocycles. The van der Waals surface area contributed by atoms with Crippen LogP contribution < -0.4 is 0 Å². The van der Waals surface area contributed by atoms with E-state index < -0.39 is 11.9 Å². The van der Waals surface area contributed by atoms with Crippen LogP contribution in [0.2, 0.25) is 0 Å². The second-order valence-electron chi connectivity index (χ2n) is 4.20. The van der Waals surface area contributed by atoms with Crippen LogP contribution in [0.1, 0.15) is 58.8 Å². The minimum atomic E-state index is -1.68. The van der Waals surface area contributed by atoms with Crippen LogP contribution in [0.25, 0.3) is 0 Å². The highest BCUT2D eigenvalue weighted by Crippen LogP contribution is 2.18. The van der Waals surface area contributed by atoms with Crippen molar-refractivity contribution >= 4 is 0 Å². The van der Waals surface area contributed by atoms with Crippen molar-refractivity contribution in [3.8, 4) is 0 Å². The van der Waals surface area contributed by atoms with Gasteiger partial charge in [-0.15, -0.1) is 0 Å². The van der Waals surface area contributed by atoms with Crippen LogP contribution >= 0.6 is 0 Å². The number of rotatable bonds is 8. The van der Waals surface area contributed by atoms with Gasteiger partial charge >= 0.3 is 0 Å². The Bertz CT molecular complexity index is 132. The molecule has 0 aliphatic heterocycles. The van der Waals surface area contributed by atoms with E-state index in [9.17, 15) is 10.2 Å². The SMILES string of the molecule is CCCCCCCC(O)(O)CC(C)O. The Hall–Kier alpha value is -0.120. The molecule has 0 amide bonds. The highest BCUT2D eigenvalue weighted by atomic mass is 16.5. The second kappa shape index (κ2) is 7.21. The standard InChI is InChI=1S/C11H24O3/c1-3-4-5-6-7-8-11(13,14)9-10(2)12/h10,12-14H,3-9H2,1-2H3. The predicted octanol–water partition coefficient (Wildman–Crippen LogP) is 1.80. The highest BCUT2D eigenvalue weighted by molar-refractivity contribution is 4.67. The molecule has 0 saturated carbocycles. The minimum absolute atomic E-state index is 0.0424. The summed E-state index contributed by atoms with van der Waals surface area (Å²) in [6, 6.07) is 0. The van der Waals surface area contributed by atoms with Crippen LogP contribution in [0.3, 0.4) is 0 Å². The molecule has 0 radical (unpaired) electrons. The summed E-state index contributed by atoms with van der Waals surface area (Å²) >= 11 is 0. The molecular weight excluding hydrogens is 180 g/mol. The fraction of sp³-hybridized carbons (Fsp3) is 1.00. The smallest absolute Gasteiger partial charge is 0.164 e. The van der Waals surface area contributed by atoms with Crippen LogP contribution in [0.15, 0.2) is 0 Å². The van der Waals surface area contributed by atoms with Gasteiger partial charge in [-0.1, -0.05) is 32.6 Å². The molecule has 0 saturated heterocycles. The number of hydrogen-bond donors (Lipinski definition) is 3. The minimum Gasteiger partial charge on any atom is -0.393 e. The lowest BCUT2D eigenvalue weighted by Crippen LogP contribution is -2.32. The molecule has 0 aromatic carbocycles. The average Bonchev–Trinajstić information content (AvgIpc) is 2.01. The van der Waals surface area contributed by atoms with E-state index in [-0.39, 0.29) is 6.42 Å². The van der Waals surface area contributed by atoms with Gasteiger partial charge in [0.15, 0.2) is 5.79 Å². The van der Waals surface area contributed by atoms with Gasteiger partial charge in [-0.3, -0.25) is 0 Å². The van der Waals surface area contributed by atoms with Crippen molar-refractivity contribution in [2.45, 2.75) is 70.7 Å². The van der Waals surface area contributed by atoms with Crippen molar-refractivity contribution in [1.82, 2.24) is 0 Å². The topological polar surface area (TPSA) is 60.7 Å². The Morgan fingerprint density at radius 1 is 1.07 bits per heavy atom. The summed E-state index contributed by atoms with van der Waals surface area (Å²) in [5.41, 5.74) is 0. The van der Waals surface area contributed by atoms with E-state index in [0.29, 0.717) is 6.42 Å². The van der Waals surface area contributed by atoms with Gasteiger partial charge in [0.1, 0.15) is 0 Å². The van der Waals surface area contributed by atoms with Crippen molar-refractivity contribution in [3.05, 3.63) is 0 Å². The van der Waals surface area contributed by atoms with Crippen molar-refractivity contribution in [3.63, 3.8) is 0 Å². The van der Waals surface area contributed by atoms with Crippen molar-refractivity contribution in [2.75, 3.05) is 0 Å². The van der Waals surface area contributed by atoms with Gasteiger partial charge in [0.05, 0.1) is 6.10 Å². The van der Waals surface area contributed by atoms with E-state index in [0.717, 1.165) is 19.3 Å². The van der Waals surface area contributed by atoms with Gasteiger partial charge in [-0.2, -0.15) is 0 Å². The number of aliphatic hydroxyl groups is 3. The average molecular weight is 204 g/mol. The fourth-order valence-electron chi connectivity index (χ4n) is 1.59. The monoisotopic (exact) mass is 204 g/mol. The summed E-state index contributed by atoms with van der Waals surface area (Å²) in [5.74, 6) is -1.68. The lowest BCUT2D eigenvalue weighted by molar-refractivity contribution is -0.184. The van der Waals surface area contributed by atoms with E-state index in [1.54, 1.807) is 6.92 Å². The Morgan fingerprint density at radius 3 is 2.14 bits per heavy atom. The van der Waals surface area contributed by atoms with Crippen LogP contribution in [-0.2, 0) is 0 Å². The van der Waals surface area contributed by atoms with Gasteiger partial charge in [-0.05, 0) is 13.3 Å². The Morgan fingerprint density at radius 2 is 1.64 bits per heavy atom. The molecule has 1 atom stereocenters. The molecule has 0 rings (SSSR count). The zero-order valence-electron chi connectivity index (χ0n) is 9.37. The maximum atomic E-state index is 9.44. The van der Waals surface area contributed by atoms with Gasteiger partial charge < -0.3 is 15.3 Å². The third kappa shape index (κ3) is 8.48. The van der Waals surface area contributed by atoms with Gasteiger partial charge in [0, 0.05) is 12.8 Å². The quantitative estimate of drug-likeness (QED) is 0.417. The zero-order chi connectivity index (χ0) is 11.0. The van der Waals surface area contributed by atoms with Gasteiger partial charge in [0.25, 0.3) is 0 Å². The number of hydrogen-bond acceptors (Lipinski definition) is 3. The van der Waals surface area contributed by atoms with E-state index in [2.05, 4.69) is 6.92 Å². The Balaban J connectivity index is 3.45. The molecule has 0 bridgehead atoms. The van der Waals surface area contributed by atoms with E-state index in [1.165, 1.54) is 12.8 Å². The van der Waals surface area contributed by atoms with E-state index in [4.69, 9.17) is 5.11 Å². The summed E-state index contributed by atoms with van der Waals surface area (Å²) in [6.07, 6.45) is 5.16. The van der Waals surface area contributed by atoms with Crippen LogP contribution in [0.5, 0.6) is 0 Å². The number of unbranched alkanes of at least 4 members (excludes halogenated alkanes) is 4. The van der Waals surface area contributed by atoms with Crippen LogP contribution in [-0.4, -0.2) is 27.2 Å². The summed E-state index contributed by atoms with van der Waals surface area (Å²) in [5, 5.41) is 27.9. The molecule has 14 heavy (non-hydrogen) atoms. The molecule has 1 unspecified atom stereocenters. The van der Waals surface area contributed by atoms with Crippen molar-refractivity contribution < 1.29 is 15.3 Å². The fourth-order valence-corrected chi connectivity index (χ4v) is 1.59. The Kier molecular flexibility index (Phi) is 7.15. The zero-order valence-corrected chi connectivity index (χ0v) is 9.37. The molecule has 86 valence electrons. The normalized spacial score (nSPS) is 14.4. The maximum absolute atomic E-state index is 9.44. The second-order valence-corrected chi connectivity index (χ2v) is 4.20. The molecular formula is C11H24O3. The molecule has 0 aromatic heterocycles. The van der Waals surface area contributed by atoms with E-state index in [1.807, 2.05) is 0 Å². The summed E-state index contributed by atoms with van der Waals surface area (Å²) < 4.78 is 0. The van der Waals surface area contributed by atoms with Gasteiger partial charge in [-0.25, -0.2) is 0 Å². The highest BCUT2D eigenvalue weighted by Gasteiger charge is 2.24. The molecule has 3 N–H and O–H groups in total. The lowest BCUT2D eigenvalue weighted by atomic mass is 10.0. The van der Waals surface area contributed by atoms with Crippen LogP contribution in [0, 0.1) is 0 Å². The summed E-state index contributed by atoms with van der Waals surface area (Å²) in [6.45, 7) is 3.72. The van der Waals surface area contributed by atoms with E-state index >= 15 is 0 Å². The first-order chi connectivity index (χ1) is 6.48.